The summed E-state index contributed by atoms with van der Waals surface area (Å²) in [6.07, 6.45) is 10.5. The molecule has 0 bridgehead atoms. The molecule has 2 aromatic heterocycles. The summed E-state index contributed by atoms with van der Waals surface area (Å²) in [5, 5.41) is 3.33. The van der Waals surface area contributed by atoms with Crippen molar-refractivity contribution in [1.29, 1.82) is 0 Å². The summed E-state index contributed by atoms with van der Waals surface area (Å²) in [5.74, 6) is 3.43. The lowest BCUT2D eigenvalue weighted by atomic mass is 10.3. The first kappa shape index (κ1) is 22.7. The first-order chi connectivity index (χ1) is 13.7. The Morgan fingerprint density at radius 2 is 1.86 bits per heavy atom. The van der Waals surface area contributed by atoms with E-state index in [1.54, 1.807) is 19.5 Å². The smallest absolute Gasteiger partial charge is 0.180 e. The van der Waals surface area contributed by atoms with Gasteiger partial charge in [0.05, 0.1) is 31.3 Å². The highest BCUT2D eigenvalue weighted by molar-refractivity contribution is 5.48. The van der Waals surface area contributed by atoms with Crippen LogP contribution < -0.4 is 19.5 Å². The fourth-order valence-electron chi connectivity index (χ4n) is 3.20. The number of aryl methyl sites for hydroxylation is 1. The van der Waals surface area contributed by atoms with Crippen molar-refractivity contribution >= 4 is 5.82 Å². The molecule has 1 aliphatic rings. The Hall–Kier alpha value is -2.57. The second kappa shape index (κ2) is 11.4. The highest BCUT2D eigenvalue weighted by Crippen LogP contribution is 2.32. The van der Waals surface area contributed by atoms with Gasteiger partial charge in [0.2, 0.25) is 0 Å². The Kier molecular flexibility index (Phi) is 8.96. The molecule has 0 amide bonds. The van der Waals surface area contributed by atoms with Crippen LogP contribution in [0.25, 0.3) is 0 Å². The molecule has 0 radical (unpaired) electrons. The molecule has 1 saturated carbocycles. The van der Waals surface area contributed by atoms with Gasteiger partial charge in [0.25, 0.3) is 0 Å². The Morgan fingerprint density at radius 3 is 2.59 bits per heavy atom. The van der Waals surface area contributed by atoms with Gasteiger partial charge in [-0.25, -0.2) is 9.97 Å². The van der Waals surface area contributed by atoms with Gasteiger partial charge in [-0.2, -0.15) is 0 Å². The number of hydrogen-bond donors (Lipinski definition) is 1. The average molecular weight is 403 g/mol. The molecule has 1 N–H and O–H groups in total. The molecule has 0 aliphatic heterocycles. The van der Waals surface area contributed by atoms with Crippen LogP contribution in [0, 0.1) is 6.92 Å². The number of hydrogen-bond acceptors (Lipinski definition) is 7. The maximum atomic E-state index is 6.14. The lowest BCUT2D eigenvalue weighted by Gasteiger charge is -2.17. The van der Waals surface area contributed by atoms with Crippen LogP contribution in [0.5, 0.6) is 17.2 Å². The normalized spacial score (nSPS) is 13.6. The number of pyridine rings is 1. The van der Waals surface area contributed by atoms with Crippen molar-refractivity contribution in [3.05, 3.63) is 30.0 Å². The number of unbranched alkanes of at least 4 members (excludes halogenated alkanes) is 1. The Morgan fingerprint density at radius 1 is 1.10 bits per heavy atom. The number of anilines is 1. The third-order valence-corrected chi connectivity index (χ3v) is 4.78. The molecule has 1 fully saturated rings. The van der Waals surface area contributed by atoms with E-state index in [0.717, 1.165) is 49.5 Å². The number of ether oxygens (including phenoxy) is 3. The summed E-state index contributed by atoms with van der Waals surface area (Å²) in [4.78, 5) is 13.1. The molecule has 2 heterocycles. The van der Waals surface area contributed by atoms with Crippen molar-refractivity contribution < 1.29 is 14.2 Å². The van der Waals surface area contributed by atoms with Gasteiger partial charge in [-0.15, -0.1) is 0 Å². The summed E-state index contributed by atoms with van der Waals surface area (Å²) in [5.41, 5.74) is 0.772. The fourth-order valence-corrected chi connectivity index (χ4v) is 3.20. The number of nitrogens with one attached hydrogen (secondary N) is 1. The van der Waals surface area contributed by atoms with Crippen molar-refractivity contribution in [2.75, 3.05) is 19.0 Å². The highest BCUT2D eigenvalue weighted by Gasteiger charge is 2.19. The quantitative estimate of drug-likeness (QED) is 0.564. The molecular formula is C22H34N4O3. The van der Waals surface area contributed by atoms with Crippen LogP contribution in [-0.2, 0) is 6.61 Å². The van der Waals surface area contributed by atoms with Gasteiger partial charge in [-0.3, -0.25) is 4.98 Å². The van der Waals surface area contributed by atoms with Crippen molar-refractivity contribution in [3.63, 3.8) is 0 Å². The molecule has 0 atom stereocenters. The minimum atomic E-state index is 0. The number of methoxy groups -OCH3 is 1. The zero-order valence-corrected chi connectivity index (χ0v) is 17.0. The van der Waals surface area contributed by atoms with E-state index in [1.165, 1.54) is 12.8 Å². The predicted molar refractivity (Wildman–Crippen MR) is 115 cm³/mol. The van der Waals surface area contributed by atoms with Gasteiger partial charge in [-0.1, -0.05) is 20.8 Å². The van der Waals surface area contributed by atoms with Crippen LogP contribution in [0.3, 0.4) is 0 Å². The third-order valence-electron chi connectivity index (χ3n) is 4.78. The zero-order chi connectivity index (χ0) is 19.8. The lowest BCUT2D eigenvalue weighted by Crippen LogP contribution is -2.12. The van der Waals surface area contributed by atoms with Gasteiger partial charge in [0.15, 0.2) is 23.1 Å². The van der Waals surface area contributed by atoms with E-state index in [9.17, 15) is 0 Å². The van der Waals surface area contributed by atoms with Crippen LogP contribution in [-0.4, -0.2) is 34.7 Å². The van der Waals surface area contributed by atoms with Gasteiger partial charge >= 0.3 is 0 Å². The molecule has 0 aromatic carbocycles. The van der Waals surface area contributed by atoms with Crippen molar-refractivity contribution in [1.82, 2.24) is 15.0 Å². The van der Waals surface area contributed by atoms with E-state index in [1.807, 2.05) is 13.0 Å². The molecular weight excluding hydrogens is 368 g/mol. The van der Waals surface area contributed by atoms with Crippen LogP contribution >= 0.6 is 0 Å². The van der Waals surface area contributed by atoms with Crippen LogP contribution in [0.15, 0.2) is 18.5 Å². The zero-order valence-electron chi connectivity index (χ0n) is 17.0. The molecule has 0 saturated heterocycles. The summed E-state index contributed by atoms with van der Waals surface area (Å²) in [6, 6.07) is 1.90. The topological polar surface area (TPSA) is 78.4 Å². The van der Waals surface area contributed by atoms with Crippen LogP contribution in [0.1, 0.15) is 64.4 Å². The average Bonchev–Trinajstić information content (AvgIpc) is 3.21. The molecule has 160 valence electrons. The molecule has 7 heteroatoms. The van der Waals surface area contributed by atoms with Gasteiger partial charge in [0, 0.05) is 12.6 Å². The van der Waals surface area contributed by atoms with E-state index in [0.29, 0.717) is 23.9 Å². The maximum Gasteiger partial charge on any atom is 0.180 e. The molecule has 29 heavy (non-hydrogen) atoms. The Balaban J connectivity index is 0.00000300. The van der Waals surface area contributed by atoms with Gasteiger partial charge < -0.3 is 19.5 Å². The monoisotopic (exact) mass is 402 g/mol. The van der Waals surface area contributed by atoms with Crippen LogP contribution in [0.4, 0.5) is 5.82 Å². The molecule has 0 unspecified atom stereocenters. The number of nitrogens with zero attached hydrogens (tertiary/aromatic N) is 3. The summed E-state index contributed by atoms with van der Waals surface area (Å²) in [7, 11) is 1.63. The fraction of sp³-hybridized carbons (Fsp3) is 0.591. The maximum absolute atomic E-state index is 6.14. The van der Waals surface area contributed by atoms with E-state index in [4.69, 9.17) is 14.2 Å². The first-order valence-corrected chi connectivity index (χ1v) is 10.1. The highest BCUT2D eigenvalue weighted by atomic mass is 16.5. The second-order valence-electron chi connectivity index (χ2n) is 7.05. The minimum absolute atomic E-state index is 0. The van der Waals surface area contributed by atoms with Gasteiger partial charge in [0.1, 0.15) is 12.4 Å². The summed E-state index contributed by atoms with van der Waals surface area (Å²) < 4.78 is 17.5. The van der Waals surface area contributed by atoms with E-state index in [-0.39, 0.29) is 13.5 Å². The van der Waals surface area contributed by atoms with Crippen molar-refractivity contribution in [2.24, 2.45) is 0 Å². The van der Waals surface area contributed by atoms with Crippen molar-refractivity contribution in [3.8, 4) is 17.2 Å². The molecule has 1 aliphatic carbocycles. The van der Waals surface area contributed by atoms with Gasteiger partial charge in [-0.05, 0) is 39.0 Å². The van der Waals surface area contributed by atoms with Crippen molar-refractivity contribution in [2.45, 2.75) is 72.5 Å². The largest absolute Gasteiger partial charge is 0.491 e. The van der Waals surface area contributed by atoms with Crippen LogP contribution in [0.2, 0.25) is 0 Å². The van der Waals surface area contributed by atoms with E-state index >= 15 is 0 Å². The minimum Gasteiger partial charge on any atom is -0.491 e. The Labute approximate surface area is 174 Å². The molecule has 3 rings (SSSR count). The standard InChI is InChI=1S/C21H30N4O3.CH4/c1-4-5-10-22-21-20(13-23-15(2)25-21)27-14-16-11-18(19(26-3)12-24-16)28-17-8-6-7-9-17;/h11-13,17H,4-10,14H2,1-3H3,(H,22,23,25);1H4. The second-order valence-corrected chi connectivity index (χ2v) is 7.05. The predicted octanol–water partition coefficient (Wildman–Crippen LogP) is 4.94. The molecule has 0 spiro atoms. The van der Waals surface area contributed by atoms with E-state index in [2.05, 4.69) is 27.2 Å². The number of aromatic nitrogens is 3. The molecule has 2 aromatic rings. The third kappa shape index (κ3) is 6.48. The molecule has 7 nitrogen and oxygen atoms in total. The summed E-state index contributed by atoms with van der Waals surface area (Å²) in [6.45, 7) is 5.18. The Bertz CT molecular complexity index is 764. The van der Waals surface area contributed by atoms with E-state index < -0.39 is 0 Å². The first-order valence-electron chi connectivity index (χ1n) is 10.1. The summed E-state index contributed by atoms with van der Waals surface area (Å²) >= 11 is 0. The lowest BCUT2D eigenvalue weighted by molar-refractivity contribution is 0.199. The number of rotatable bonds is 10. The SMILES string of the molecule is C.CCCCNc1nc(C)ncc1OCc1cc(OC2CCCC2)c(OC)cn1.